The van der Waals surface area contributed by atoms with Gasteiger partial charge in [0.1, 0.15) is 6.04 Å². The lowest BCUT2D eigenvalue weighted by molar-refractivity contribution is -0.135. The second kappa shape index (κ2) is 6.29. The Morgan fingerprint density at radius 1 is 1.24 bits per heavy atom. The second-order valence-corrected chi connectivity index (χ2v) is 6.22. The van der Waals surface area contributed by atoms with Gasteiger partial charge in [0.25, 0.3) is 0 Å². The van der Waals surface area contributed by atoms with E-state index in [1.165, 1.54) is 11.1 Å². The molecule has 1 aliphatic heterocycles. The first-order valence-corrected chi connectivity index (χ1v) is 7.52. The number of carbonyl (C=O) groups excluding carboxylic acids is 2. The van der Waals surface area contributed by atoms with Crippen LogP contribution in [0.2, 0.25) is 0 Å². The average Bonchev–Trinajstić information content (AvgIpc) is 2.56. The van der Waals surface area contributed by atoms with E-state index >= 15 is 0 Å². The molecule has 0 spiro atoms. The van der Waals surface area contributed by atoms with Gasteiger partial charge in [-0.2, -0.15) is 0 Å². The van der Waals surface area contributed by atoms with Crippen molar-refractivity contribution >= 4 is 11.8 Å². The molecule has 114 valence electrons. The van der Waals surface area contributed by atoms with Crippen molar-refractivity contribution in [3.05, 3.63) is 34.9 Å². The van der Waals surface area contributed by atoms with E-state index in [0.717, 1.165) is 5.56 Å². The topological polar surface area (TPSA) is 49.4 Å². The summed E-state index contributed by atoms with van der Waals surface area (Å²) in [7, 11) is 0. The fourth-order valence-corrected chi connectivity index (χ4v) is 2.58. The number of hydrogen-bond acceptors (Lipinski definition) is 2. The molecule has 0 radical (unpaired) electrons. The molecule has 0 aliphatic carbocycles. The summed E-state index contributed by atoms with van der Waals surface area (Å²) in [6.45, 7) is 9.13. The highest BCUT2D eigenvalue weighted by molar-refractivity contribution is 5.90. The molecule has 1 N–H and O–H groups in total. The number of benzene rings is 1. The van der Waals surface area contributed by atoms with Gasteiger partial charge in [-0.05, 0) is 36.5 Å². The molecule has 1 fully saturated rings. The normalized spacial score (nSPS) is 19.7. The third-order valence-electron chi connectivity index (χ3n) is 4.11. The molecule has 4 heteroatoms. The van der Waals surface area contributed by atoms with Crippen molar-refractivity contribution in [2.45, 2.75) is 46.7 Å². The van der Waals surface area contributed by atoms with Gasteiger partial charge < -0.3 is 10.2 Å². The van der Waals surface area contributed by atoms with Crippen molar-refractivity contribution in [3.8, 4) is 0 Å². The van der Waals surface area contributed by atoms with Gasteiger partial charge in [0.15, 0.2) is 0 Å². The van der Waals surface area contributed by atoms with Crippen molar-refractivity contribution < 1.29 is 9.59 Å². The molecule has 1 saturated heterocycles. The number of rotatable bonds is 3. The zero-order valence-electron chi connectivity index (χ0n) is 13.3. The van der Waals surface area contributed by atoms with E-state index in [-0.39, 0.29) is 17.7 Å². The number of carbonyl (C=O) groups is 2. The number of nitrogens with zero attached hydrogens (tertiary/aromatic N) is 1. The number of hydrogen-bond donors (Lipinski definition) is 1. The monoisotopic (exact) mass is 288 g/mol. The van der Waals surface area contributed by atoms with Gasteiger partial charge in [-0.1, -0.05) is 32.0 Å². The Morgan fingerprint density at radius 3 is 2.57 bits per heavy atom. The van der Waals surface area contributed by atoms with Gasteiger partial charge in [-0.25, -0.2) is 0 Å². The summed E-state index contributed by atoms with van der Waals surface area (Å²) in [5.41, 5.74) is 3.59. The summed E-state index contributed by atoms with van der Waals surface area (Å²) in [6, 6.07) is 5.84. The van der Waals surface area contributed by atoms with Crippen LogP contribution in [0.4, 0.5) is 0 Å². The van der Waals surface area contributed by atoms with Crippen LogP contribution in [0.15, 0.2) is 18.2 Å². The molecule has 1 unspecified atom stereocenters. The predicted octanol–water partition coefficient (Wildman–Crippen LogP) is 2.18. The van der Waals surface area contributed by atoms with Crippen LogP contribution >= 0.6 is 0 Å². The zero-order valence-corrected chi connectivity index (χ0v) is 13.3. The fourth-order valence-electron chi connectivity index (χ4n) is 2.58. The van der Waals surface area contributed by atoms with Gasteiger partial charge in [-0.15, -0.1) is 0 Å². The minimum Gasteiger partial charge on any atom is -0.344 e. The number of aryl methyl sites for hydroxylation is 2. The highest BCUT2D eigenvalue weighted by atomic mass is 16.2. The molecule has 1 aromatic rings. The molecule has 2 rings (SSSR count). The van der Waals surface area contributed by atoms with E-state index in [2.05, 4.69) is 37.4 Å². The van der Waals surface area contributed by atoms with E-state index in [1.807, 2.05) is 13.8 Å². The molecule has 2 amide bonds. The Morgan fingerprint density at radius 2 is 1.95 bits per heavy atom. The number of nitrogens with one attached hydrogen (secondary N) is 1. The van der Waals surface area contributed by atoms with E-state index in [1.54, 1.807) is 4.90 Å². The van der Waals surface area contributed by atoms with E-state index in [9.17, 15) is 9.59 Å². The summed E-state index contributed by atoms with van der Waals surface area (Å²) in [5.74, 6) is 0.0838. The Labute approximate surface area is 126 Å². The van der Waals surface area contributed by atoms with Gasteiger partial charge in [0, 0.05) is 19.5 Å². The lowest BCUT2D eigenvalue weighted by atomic mass is 10.0. The molecule has 1 aliphatic rings. The van der Waals surface area contributed by atoms with Gasteiger partial charge in [-0.3, -0.25) is 9.59 Å². The lowest BCUT2D eigenvalue weighted by Gasteiger charge is -2.26. The first-order chi connectivity index (χ1) is 9.88. The van der Waals surface area contributed by atoms with Crippen LogP contribution in [0.25, 0.3) is 0 Å². The fraction of sp³-hybridized carbons (Fsp3) is 0.529. The van der Waals surface area contributed by atoms with Crippen LogP contribution in [0, 0.1) is 19.8 Å². The van der Waals surface area contributed by atoms with Gasteiger partial charge >= 0.3 is 0 Å². The maximum Gasteiger partial charge on any atom is 0.245 e. The number of amides is 2. The third kappa shape index (κ3) is 3.63. The Bertz CT molecular complexity index is 552. The van der Waals surface area contributed by atoms with Crippen LogP contribution < -0.4 is 5.32 Å². The second-order valence-electron chi connectivity index (χ2n) is 6.22. The molecular formula is C17H24N2O2. The smallest absolute Gasteiger partial charge is 0.245 e. The molecule has 4 nitrogen and oxygen atoms in total. The van der Waals surface area contributed by atoms with Crippen molar-refractivity contribution in [1.29, 1.82) is 0 Å². The molecule has 1 heterocycles. The highest BCUT2D eigenvalue weighted by Crippen LogP contribution is 2.16. The largest absolute Gasteiger partial charge is 0.344 e. The maximum atomic E-state index is 12.6. The minimum atomic E-state index is -0.411. The summed E-state index contributed by atoms with van der Waals surface area (Å²) >= 11 is 0. The molecule has 1 aromatic carbocycles. The van der Waals surface area contributed by atoms with Gasteiger partial charge in [0.05, 0.1) is 0 Å². The summed E-state index contributed by atoms with van der Waals surface area (Å²) in [4.78, 5) is 26.1. The first-order valence-electron chi connectivity index (χ1n) is 7.52. The van der Waals surface area contributed by atoms with Crippen LogP contribution in [0.3, 0.4) is 0 Å². The molecular weight excluding hydrogens is 264 g/mol. The van der Waals surface area contributed by atoms with E-state index < -0.39 is 6.04 Å². The quantitative estimate of drug-likeness (QED) is 0.926. The maximum absolute atomic E-state index is 12.6. The van der Waals surface area contributed by atoms with Crippen molar-refractivity contribution in [2.24, 2.45) is 5.92 Å². The Hall–Kier alpha value is -1.84. The van der Waals surface area contributed by atoms with Crippen molar-refractivity contribution in [1.82, 2.24) is 10.2 Å². The van der Waals surface area contributed by atoms with Gasteiger partial charge in [0.2, 0.25) is 11.8 Å². The van der Waals surface area contributed by atoms with Crippen LogP contribution in [-0.4, -0.2) is 29.3 Å². The van der Waals surface area contributed by atoms with Crippen molar-refractivity contribution in [3.63, 3.8) is 0 Å². The average molecular weight is 288 g/mol. The van der Waals surface area contributed by atoms with Crippen molar-refractivity contribution in [2.75, 3.05) is 6.54 Å². The molecule has 0 saturated carbocycles. The summed E-state index contributed by atoms with van der Waals surface area (Å²) in [5, 5.41) is 2.83. The Kier molecular flexibility index (Phi) is 4.66. The molecule has 0 bridgehead atoms. The summed E-state index contributed by atoms with van der Waals surface area (Å²) < 4.78 is 0. The SMILES string of the molecule is Cc1ccc(CN2CCC(=O)NC(C(C)C)C2=O)cc1C. The van der Waals surface area contributed by atoms with Crippen LogP contribution in [0.5, 0.6) is 0 Å². The van der Waals surface area contributed by atoms with E-state index in [0.29, 0.717) is 19.5 Å². The highest BCUT2D eigenvalue weighted by Gasteiger charge is 2.31. The lowest BCUT2D eigenvalue weighted by Crippen LogP contribution is -2.47. The first kappa shape index (κ1) is 15.5. The standard InChI is InChI=1S/C17H24N2O2/c1-11(2)16-17(21)19(8-7-15(20)18-16)10-14-6-5-12(3)13(4)9-14/h5-6,9,11,16H,7-8,10H2,1-4H3,(H,18,20). The minimum absolute atomic E-state index is 0.0223. The predicted molar refractivity (Wildman–Crippen MR) is 82.7 cm³/mol. The molecule has 21 heavy (non-hydrogen) atoms. The third-order valence-corrected chi connectivity index (χ3v) is 4.11. The molecule has 0 aromatic heterocycles. The Balaban J connectivity index is 2.18. The van der Waals surface area contributed by atoms with E-state index in [4.69, 9.17) is 0 Å². The zero-order chi connectivity index (χ0) is 15.6. The summed E-state index contributed by atoms with van der Waals surface area (Å²) in [6.07, 6.45) is 0.375. The molecule has 1 atom stereocenters. The van der Waals surface area contributed by atoms with Crippen LogP contribution in [-0.2, 0) is 16.1 Å². The van der Waals surface area contributed by atoms with Crippen LogP contribution in [0.1, 0.15) is 37.0 Å².